The molecule has 308 valence electrons. The third-order valence-corrected chi connectivity index (χ3v) is 8.12. The van der Waals surface area contributed by atoms with Gasteiger partial charge in [-0.3, -0.25) is 30.2 Å². The van der Waals surface area contributed by atoms with E-state index in [9.17, 15) is 35.9 Å². The van der Waals surface area contributed by atoms with E-state index in [0.29, 0.717) is 23.0 Å². The summed E-state index contributed by atoms with van der Waals surface area (Å²) in [5.74, 6) is 0.245. The van der Waals surface area contributed by atoms with Crippen molar-refractivity contribution in [2.45, 2.75) is 38.7 Å². The summed E-state index contributed by atoms with van der Waals surface area (Å²) in [5.41, 5.74) is 19.8. The number of guanidine groups is 2. The van der Waals surface area contributed by atoms with Crippen molar-refractivity contribution in [3.63, 3.8) is 0 Å². The number of carbonyl (C=O) groups excluding carboxylic acids is 2. The van der Waals surface area contributed by atoms with Crippen LogP contribution in [0.25, 0.3) is 21.8 Å². The lowest BCUT2D eigenvalue weighted by Gasteiger charge is -2.11. The fraction of sp³-hybridized carbons (Fsp3) is 0.222. The molecule has 0 spiro atoms. The van der Waals surface area contributed by atoms with E-state index in [4.69, 9.17) is 41.2 Å². The quantitative estimate of drug-likeness (QED) is 0.0522. The number of H-pyrrole nitrogens is 2. The molecule has 6 rings (SSSR count). The highest BCUT2D eigenvalue weighted by molar-refractivity contribution is 6.08. The van der Waals surface area contributed by atoms with Crippen LogP contribution >= 0.6 is 0 Å². The molecule has 0 radical (unpaired) electrons. The standard InChI is InChI=1S/2C18H18F3N5O3/c1-24-17(23)26-16(27)15-6-12-13(18(19,20)21)4-11(5-14(12)25-15)28-8-10-3-2-9(7-22)29-10;1-24-17(23)26-16(27)13-6-11-12(18(19,20)21)4-5-14(15(11)25-13)28-8-10-3-2-9(7-22)29-10/h2*2-6,25H,7-8,22H2,1H3,(H3,23,24,26,27). The topological polar surface area (TPSA) is 263 Å². The molecule has 6 aromatic rings. The second kappa shape index (κ2) is 17.5. The van der Waals surface area contributed by atoms with Crippen LogP contribution in [0.2, 0.25) is 0 Å². The van der Waals surface area contributed by atoms with E-state index in [1.165, 1.54) is 26.2 Å². The van der Waals surface area contributed by atoms with Gasteiger partial charge in [0.15, 0.2) is 11.9 Å². The summed E-state index contributed by atoms with van der Waals surface area (Å²) in [6.07, 6.45) is -9.28. The Morgan fingerprint density at radius 1 is 0.672 bits per heavy atom. The van der Waals surface area contributed by atoms with E-state index in [2.05, 4.69) is 30.6 Å². The zero-order valence-electron chi connectivity index (χ0n) is 30.5. The van der Waals surface area contributed by atoms with Crippen LogP contribution < -0.4 is 43.0 Å². The minimum absolute atomic E-state index is 0.0163. The van der Waals surface area contributed by atoms with Gasteiger partial charge in [-0.25, -0.2) is 0 Å². The average Bonchev–Trinajstić information content (AvgIpc) is 4.01. The second-order valence-corrected chi connectivity index (χ2v) is 12.0. The summed E-state index contributed by atoms with van der Waals surface area (Å²) in [4.78, 5) is 36.8. The number of aliphatic imine (C=N–C) groups is 2. The molecule has 2 aromatic carbocycles. The molecule has 12 N–H and O–H groups in total. The van der Waals surface area contributed by atoms with Gasteiger partial charge < -0.3 is 51.2 Å². The van der Waals surface area contributed by atoms with Crippen LogP contribution in [0.15, 0.2) is 79.5 Å². The first-order chi connectivity index (χ1) is 27.4. The average molecular weight is 819 g/mol. The number of aromatic nitrogens is 2. The molecule has 4 aromatic heterocycles. The first-order valence-corrected chi connectivity index (χ1v) is 16.8. The monoisotopic (exact) mass is 818 g/mol. The number of hydrogen-bond acceptors (Lipinski definition) is 10. The zero-order valence-corrected chi connectivity index (χ0v) is 30.5. The summed E-state index contributed by atoms with van der Waals surface area (Å²) < 4.78 is 103. The zero-order chi connectivity index (χ0) is 42.4. The lowest BCUT2D eigenvalue weighted by molar-refractivity contribution is -0.137. The van der Waals surface area contributed by atoms with Crippen LogP contribution in [0.4, 0.5) is 26.3 Å². The summed E-state index contributed by atoms with van der Waals surface area (Å²) in [6.45, 7) is 0.297. The van der Waals surface area contributed by atoms with Crippen LogP contribution in [-0.4, -0.2) is 47.8 Å². The molecule has 0 aliphatic rings. The predicted molar refractivity (Wildman–Crippen MR) is 198 cm³/mol. The van der Waals surface area contributed by atoms with Gasteiger partial charge in [0.2, 0.25) is 0 Å². The summed E-state index contributed by atoms with van der Waals surface area (Å²) >= 11 is 0. The van der Waals surface area contributed by atoms with Crippen LogP contribution in [0.5, 0.6) is 11.5 Å². The Bertz CT molecular complexity index is 2480. The number of carbonyl (C=O) groups is 2. The van der Waals surface area contributed by atoms with Gasteiger partial charge in [0.05, 0.1) is 35.2 Å². The number of rotatable bonds is 10. The van der Waals surface area contributed by atoms with E-state index in [1.807, 2.05) is 0 Å². The van der Waals surface area contributed by atoms with Crippen molar-refractivity contribution in [1.29, 1.82) is 0 Å². The van der Waals surface area contributed by atoms with Crippen molar-refractivity contribution in [3.8, 4) is 11.5 Å². The van der Waals surface area contributed by atoms with Gasteiger partial charge in [0.25, 0.3) is 11.8 Å². The molecular weight excluding hydrogens is 782 g/mol. The number of alkyl halides is 6. The van der Waals surface area contributed by atoms with Crippen molar-refractivity contribution in [2.75, 3.05) is 14.1 Å². The highest BCUT2D eigenvalue weighted by Crippen LogP contribution is 2.40. The molecule has 0 saturated heterocycles. The number of aromatic amines is 2. The molecule has 0 atom stereocenters. The fourth-order valence-corrected chi connectivity index (χ4v) is 5.34. The number of amides is 2. The lowest BCUT2D eigenvalue weighted by Crippen LogP contribution is -2.36. The maximum absolute atomic E-state index is 13.5. The molecule has 4 heterocycles. The molecule has 0 aliphatic carbocycles. The Labute approximate surface area is 323 Å². The van der Waals surface area contributed by atoms with E-state index in [1.54, 1.807) is 24.3 Å². The Hall–Kier alpha value is -6.94. The molecule has 58 heavy (non-hydrogen) atoms. The van der Waals surface area contributed by atoms with Crippen molar-refractivity contribution in [2.24, 2.45) is 32.9 Å². The predicted octanol–water partition coefficient (Wildman–Crippen LogP) is 4.98. The number of nitrogens with two attached hydrogens (primary N) is 4. The van der Waals surface area contributed by atoms with Gasteiger partial charge in [-0.05, 0) is 54.6 Å². The molecular formula is C36H36F6N10O6. The number of halogens is 6. The molecule has 22 heteroatoms. The normalized spacial score (nSPS) is 12.4. The van der Waals surface area contributed by atoms with Crippen molar-refractivity contribution < 1.29 is 54.2 Å². The minimum Gasteiger partial charge on any atom is -0.486 e. The van der Waals surface area contributed by atoms with Crippen LogP contribution in [0, 0.1) is 0 Å². The van der Waals surface area contributed by atoms with Crippen molar-refractivity contribution >= 4 is 45.5 Å². The number of benzene rings is 2. The van der Waals surface area contributed by atoms with Gasteiger partial charge >= 0.3 is 12.4 Å². The number of ether oxygens (including phenoxy) is 2. The SMILES string of the molecule is CN=C(N)NC(=O)c1cc2c(C(F)(F)F)cc(OCc3ccc(CN)o3)cc2[nH]1.CN=C(N)NC(=O)c1cc2c(C(F)(F)F)ccc(OCc3ccc(CN)o3)c2[nH]1. The van der Waals surface area contributed by atoms with E-state index in [0.717, 1.165) is 24.3 Å². The van der Waals surface area contributed by atoms with E-state index >= 15 is 0 Å². The number of nitrogens with zero attached hydrogens (tertiary/aromatic N) is 2. The van der Waals surface area contributed by atoms with Gasteiger partial charge in [0, 0.05) is 30.9 Å². The van der Waals surface area contributed by atoms with Crippen LogP contribution in [0.1, 0.15) is 55.1 Å². The number of fused-ring (bicyclic) bond motifs is 2. The Kier molecular flexibility index (Phi) is 12.7. The summed E-state index contributed by atoms with van der Waals surface area (Å²) in [5, 5.41) is 4.13. The smallest absolute Gasteiger partial charge is 0.417 e. The third-order valence-electron chi connectivity index (χ3n) is 8.12. The third kappa shape index (κ3) is 10.1. The molecule has 0 aliphatic heterocycles. The van der Waals surface area contributed by atoms with Gasteiger partial charge in [-0.1, -0.05) is 0 Å². The Morgan fingerprint density at radius 2 is 1.17 bits per heavy atom. The Morgan fingerprint density at radius 3 is 1.67 bits per heavy atom. The molecule has 0 bridgehead atoms. The van der Waals surface area contributed by atoms with Crippen LogP contribution in [-0.2, 0) is 38.7 Å². The molecule has 0 saturated carbocycles. The van der Waals surface area contributed by atoms with Crippen molar-refractivity contribution in [3.05, 3.63) is 106 Å². The minimum atomic E-state index is -4.66. The van der Waals surface area contributed by atoms with Gasteiger partial charge in [-0.15, -0.1) is 0 Å². The molecule has 2 amide bonds. The molecule has 16 nitrogen and oxygen atoms in total. The maximum Gasteiger partial charge on any atom is 0.417 e. The number of hydrogen-bond donors (Lipinski definition) is 8. The summed E-state index contributed by atoms with van der Waals surface area (Å²) in [7, 11) is 2.72. The first-order valence-electron chi connectivity index (χ1n) is 16.8. The second-order valence-electron chi connectivity index (χ2n) is 12.0. The fourth-order valence-electron chi connectivity index (χ4n) is 5.34. The highest BCUT2D eigenvalue weighted by Gasteiger charge is 2.35. The highest BCUT2D eigenvalue weighted by atomic mass is 19.4. The lowest BCUT2D eigenvalue weighted by atomic mass is 10.1. The number of nitrogens with one attached hydrogen (secondary N) is 4. The maximum atomic E-state index is 13.5. The van der Waals surface area contributed by atoms with Gasteiger partial charge in [0.1, 0.15) is 59.1 Å². The first kappa shape index (κ1) is 42.2. The number of furan rings is 2. The Balaban J connectivity index is 0.000000221. The van der Waals surface area contributed by atoms with Crippen LogP contribution in [0.3, 0.4) is 0 Å². The molecule has 0 unspecified atom stereocenters. The van der Waals surface area contributed by atoms with Crippen molar-refractivity contribution in [1.82, 2.24) is 20.6 Å². The largest absolute Gasteiger partial charge is 0.486 e. The van der Waals surface area contributed by atoms with E-state index in [-0.39, 0.29) is 82.9 Å². The van der Waals surface area contributed by atoms with Gasteiger partial charge in [-0.2, -0.15) is 26.3 Å². The van der Waals surface area contributed by atoms with E-state index < -0.39 is 35.3 Å². The summed E-state index contributed by atoms with van der Waals surface area (Å²) in [6, 6.07) is 13.1. The molecule has 0 fully saturated rings.